The molecule has 1 rings (SSSR count). The molecular weight excluding hydrogens is 524 g/mol. The standard InChI is InChI=1S/C29H48O11/c1-3-9-32-10-11-33-12-13-34-14-15-35-16-17-36-18-19-37-20-21-38-22-23-39-24-25-40-29(31)27-7-5-26(6-8-27)28(30)4-2/h5-8H,3-4,9-25H2,1-2H3. The molecule has 0 N–H and O–H groups in total. The van der Waals surface area contributed by atoms with E-state index >= 15 is 0 Å². The highest BCUT2D eigenvalue weighted by molar-refractivity contribution is 5.97. The first-order valence-electron chi connectivity index (χ1n) is 14.1. The maximum absolute atomic E-state index is 12.0. The number of esters is 1. The molecular formula is C29H48O11. The van der Waals surface area contributed by atoms with Gasteiger partial charge < -0.3 is 42.6 Å². The van der Waals surface area contributed by atoms with Crippen LogP contribution in [0.25, 0.3) is 0 Å². The highest BCUT2D eigenvalue weighted by Crippen LogP contribution is 2.08. The number of carbonyl (C=O) groups excluding carboxylic acids is 2. The van der Waals surface area contributed by atoms with E-state index in [-0.39, 0.29) is 19.0 Å². The Morgan fingerprint density at radius 2 is 0.750 bits per heavy atom. The summed E-state index contributed by atoms with van der Waals surface area (Å²) in [6, 6.07) is 6.45. The Morgan fingerprint density at radius 3 is 1.07 bits per heavy atom. The van der Waals surface area contributed by atoms with Gasteiger partial charge in [-0.25, -0.2) is 4.79 Å². The van der Waals surface area contributed by atoms with Crippen molar-refractivity contribution in [1.29, 1.82) is 0 Å². The van der Waals surface area contributed by atoms with Crippen molar-refractivity contribution in [3.8, 4) is 0 Å². The minimum absolute atomic E-state index is 0.0357. The van der Waals surface area contributed by atoms with E-state index in [4.69, 9.17) is 42.6 Å². The zero-order chi connectivity index (χ0) is 28.9. The first-order valence-corrected chi connectivity index (χ1v) is 14.1. The third kappa shape index (κ3) is 20.9. The third-order valence-electron chi connectivity index (χ3n) is 5.18. The average Bonchev–Trinajstić information content (AvgIpc) is 2.98. The molecule has 0 aliphatic rings. The first-order chi connectivity index (χ1) is 19.7. The highest BCUT2D eigenvalue weighted by Gasteiger charge is 2.09. The van der Waals surface area contributed by atoms with Gasteiger partial charge in [-0.1, -0.05) is 26.0 Å². The zero-order valence-electron chi connectivity index (χ0n) is 24.2. The molecule has 11 heteroatoms. The van der Waals surface area contributed by atoms with E-state index in [1.807, 2.05) is 0 Å². The van der Waals surface area contributed by atoms with E-state index in [2.05, 4.69) is 6.92 Å². The highest BCUT2D eigenvalue weighted by atomic mass is 16.6. The Labute approximate surface area is 238 Å². The Kier molecular flexibility index (Phi) is 24.5. The fraction of sp³-hybridized carbons (Fsp3) is 0.724. The molecule has 40 heavy (non-hydrogen) atoms. The molecule has 0 saturated heterocycles. The predicted octanol–water partition coefficient (Wildman–Crippen LogP) is 2.98. The largest absolute Gasteiger partial charge is 0.460 e. The first kappa shape index (κ1) is 36.1. The quantitative estimate of drug-likeness (QED) is 0.0801. The summed E-state index contributed by atoms with van der Waals surface area (Å²) in [6.45, 7) is 12.1. The second-order valence-corrected chi connectivity index (χ2v) is 8.39. The van der Waals surface area contributed by atoms with Gasteiger partial charge in [0.05, 0.1) is 105 Å². The molecule has 0 radical (unpaired) electrons. The predicted molar refractivity (Wildman–Crippen MR) is 148 cm³/mol. The fourth-order valence-corrected chi connectivity index (χ4v) is 3.06. The monoisotopic (exact) mass is 572 g/mol. The summed E-state index contributed by atoms with van der Waals surface area (Å²) in [6.07, 6.45) is 1.44. The van der Waals surface area contributed by atoms with E-state index in [1.54, 1.807) is 31.2 Å². The van der Waals surface area contributed by atoms with Crippen LogP contribution >= 0.6 is 0 Å². The average molecular weight is 573 g/mol. The third-order valence-corrected chi connectivity index (χ3v) is 5.18. The molecule has 0 aliphatic heterocycles. The lowest BCUT2D eigenvalue weighted by atomic mass is 10.1. The lowest BCUT2D eigenvalue weighted by Crippen LogP contribution is -2.15. The maximum Gasteiger partial charge on any atom is 0.338 e. The molecule has 0 aliphatic carbocycles. The molecule has 0 spiro atoms. The van der Waals surface area contributed by atoms with Crippen molar-refractivity contribution in [2.45, 2.75) is 26.7 Å². The summed E-state index contributed by atoms with van der Waals surface area (Å²) in [5.41, 5.74) is 0.986. The lowest BCUT2D eigenvalue weighted by molar-refractivity contribution is -0.0243. The van der Waals surface area contributed by atoms with Gasteiger partial charge in [0.2, 0.25) is 0 Å². The van der Waals surface area contributed by atoms with Crippen LogP contribution < -0.4 is 0 Å². The molecule has 0 heterocycles. The summed E-state index contributed by atoms with van der Waals surface area (Å²) in [4.78, 5) is 23.6. The van der Waals surface area contributed by atoms with Crippen molar-refractivity contribution in [2.75, 3.05) is 112 Å². The summed E-state index contributed by atoms with van der Waals surface area (Å²) in [5, 5.41) is 0. The Balaban J connectivity index is 1.75. The van der Waals surface area contributed by atoms with E-state index in [9.17, 15) is 9.59 Å². The Morgan fingerprint density at radius 1 is 0.450 bits per heavy atom. The van der Waals surface area contributed by atoms with Crippen LogP contribution in [0.2, 0.25) is 0 Å². The minimum Gasteiger partial charge on any atom is -0.460 e. The summed E-state index contributed by atoms with van der Waals surface area (Å²) in [5.74, 6) is -0.413. The van der Waals surface area contributed by atoms with E-state index in [0.717, 1.165) is 13.0 Å². The van der Waals surface area contributed by atoms with Gasteiger partial charge in [-0.05, 0) is 18.6 Å². The van der Waals surface area contributed by atoms with Crippen molar-refractivity contribution >= 4 is 11.8 Å². The molecule has 1 aromatic rings. The number of hydrogen-bond donors (Lipinski definition) is 0. The molecule has 1 aromatic carbocycles. The molecule has 0 bridgehead atoms. The summed E-state index contributed by atoms with van der Waals surface area (Å²) < 4.78 is 48.5. The summed E-state index contributed by atoms with van der Waals surface area (Å²) >= 11 is 0. The van der Waals surface area contributed by atoms with Crippen LogP contribution in [0.3, 0.4) is 0 Å². The van der Waals surface area contributed by atoms with Crippen molar-refractivity contribution in [2.24, 2.45) is 0 Å². The molecule has 230 valence electrons. The fourth-order valence-electron chi connectivity index (χ4n) is 3.06. The zero-order valence-corrected chi connectivity index (χ0v) is 24.2. The normalized spacial score (nSPS) is 11.2. The van der Waals surface area contributed by atoms with Crippen molar-refractivity contribution in [3.05, 3.63) is 35.4 Å². The van der Waals surface area contributed by atoms with E-state index in [1.165, 1.54) is 0 Å². The Hall–Kier alpha value is -1.96. The SMILES string of the molecule is CCCOCCOCCOCCOCCOCCOCCOCCOCCOC(=O)c1ccc(C(=O)CC)cc1. The number of rotatable bonds is 29. The number of carbonyl (C=O) groups is 2. The molecule has 0 aromatic heterocycles. The van der Waals surface area contributed by atoms with Crippen LogP contribution in [-0.4, -0.2) is 124 Å². The van der Waals surface area contributed by atoms with Gasteiger partial charge in [-0.15, -0.1) is 0 Å². The molecule has 0 saturated carbocycles. The van der Waals surface area contributed by atoms with Gasteiger partial charge in [0.15, 0.2) is 5.78 Å². The van der Waals surface area contributed by atoms with Crippen molar-refractivity contribution in [3.63, 3.8) is 0 Å². The van der Waals surface area contributed by atoms with Crippen LogP contribution in [0.15, 0.2) is 24.3 Å². The number of Topliss-reactive ketones (excluding diaryl/α,β-unsaturated/α-hetero) is 1. The molecule has 0 fully saturated rings. The van der Waals surface area contributed by atoms with Gasteiger partial charge in [0, 0.05) is 18.6 Å². The van der Waals surface area contributed by atoms with E-state index < -0.39 is 5.97 Å². The number of ketones is 1. The Bertz CT molecular complexity index is 727. The van der Waals surface area contributed by atoms with E-state index in [0.29, 0.717) is 110 Å². The van der Waals surface area contributed by atoms with Gasteiger partial charge in [-0.3, -0.25) is 4.79 Å². The van der Waals surface area contributed by atoms with Crippen LogP contribution in [-0.2, 0) is 42.6 Å². The molecule has 0 unspecified atom stereocenters. The molecule has 11 nitrogen and oxygen atoms in total. The molecule has 0 atom stereocenters. The second-order valence-electron chi connectivity index (χ2n) is 8.39. The van der Waals surface area contributed by atoms with Crippen LogP contribution in [0.5, 0.6) is 0 Å². The number of benzene rings is 1. The van der Waals surface area contributed by atoms with Crippen LogP contribution in [0.4, 0.5) is 0 Å². The van der Waals surface area contributed by atoms with Gasteiger partial charge in [0.1, 0.15) is 6.61 Å². The number of hydrogen-bond acceptors (Lipinski definition) is 11. The second kappa shape index (κ2) is 27.2. The number of ether oxygens (including phenoxy) is 9. The van der Waals surface area contributed by atoms with Gasteiger partial charge in [0.25, 0.3) is 0 Å². The molecule has 0 amide bonds. The van der Waals surface area contributed by atoms with Gasteiger partial charge in [-0.2, -0.15) is 0 Å². The smallest absolute Gasteiger partial charge is 0.338 e. The maximum atomic E-state index is 12.0. The van der Waals surface area contributed by atoms with Crippen molar-refractivity contribution < 1.29 is 52.2 Å². The van der Waals surface area contributed by atoms with Crippen LogP contribution in [0, 0.1) is 0 Å². The topological polar surface area (TPSA) is 117 Å². The lowest BCUT2D eigenvalue weighted by Gasteiger charge is -2.09. The summed E-state index contributed by atoms with van der Waals surface area (Å²) in [7, 11) is 0. The van der Waals surface area contributed by atoms with Crippen molar-refractivity contribution in [1.82, 2.24) is 0 Å². The van der Waals surface area contributed by atoms with Gasteiger partial charge >= 0.3 is 5.97 Å². The minimum atomic E-state index is -0.448. The van der Waals surface area contributed by atoms with Crippen LogP contribution in [0.1, 0.15) is 47.4 Å².